The van der Waals surface area contributed by atoms with Gasteiger partial charge in [0, 0.05) is 6.42 Å². The molecule has 0 fully saturated rings. The second-order valence-corrected chi connectivity index (χ2v) is 6.58. The van der Waals surface area contributed by atoms with E-state index in [-0.39, 0.29) is 6.42 Å². The summed E-state index contributed by atoms with van der Waals surface area (Å²) in [6.45, 7) is 4.10. The van der Waals surface area contributed by atoms with Crippen molar-refractivity contribution in [3.63, 3.8) is 0 Å². The highest BCUT2D eigenvalue weighted by Gasteiger charge is 2.30. The van der Waals surface area contributed by atoms with E-state index in [1.807, 2.05) is 13.8 Å². The summed E-state index contributed by atoms with van der Waals surface area (Å²) in [5, 5.41) is 11.6. The molecule has 0 atom stereocenters. The second-order valence-electron chi connectivity index (χ2n) is 5.52. The summed E-state index contributed by atoms with van der Waals surface area (Å²) in [4.78, 5) is 11.9. The first-order valence-electron chi connectivity index (χ1n) is 7.02. The van der Waals surface area contributed by atoms with E-state index < -0.39 is 17.6 Å². The van der Waals surface area contributed by atoms with Gasteiger partial charge in [0.15, 0.2) is 0 Å². The van der Waals surface area contributed by atoms with Crippen molar-refractivity contribution >= 4 is 22.4 Å². The molecule has 1 heterocycles. The van der Waals surface area contributed by atoms with Crippen LogP contribution in [0, 0.1) is 5.92 Å². The zero-order valence-corrected chi connectivity index (χ0v) is 13.5. The maximum atomic E-state index is 12.6. The molecule has 1 N–H and O–H groups in total. The minimum atomic E-state index is -4.42. The van der Waals surface area contributed by atoms with Crippen LogP contribution in [0.5, 0.6) is 0 Å². The number of amides is 1. The number of carbonyl (C=O) groups excluding carboxylic acids is 1. The predicted molar refractivity (Wildman–Crippen MR) is 82.2 cm³/mol. The second kappa shape index (κ2) is 7.08. The average Bonchev–Trinajstić information content (AvgIpc) is 2.84. The lowest BCUT2D eigenvalue weighted by Gasteiger charge is -2.08. The number of nitrogens with zero attached hydrogens (tertiary/aromatic N) is 2. The maximum Gasteiger partial charge on any atom is 0.416 e. The molecule has 2 aromatic rings. The van der Waals surface area contributed by atoms with Crippen LogP contribution in [-0.2, 0) is 23.8 Å². The average molecular weight is 343 g/mol. The molecule has 0 saturated carbocycles. The number of benzene rings is 1. The van der Waals surface area contributed by atoms with Gasteiger partial charge in [-0.3, -0.25) is 4.79 Å². The van der Waals surface area contributed by atoms with Gasteiger partial charge in [0.05, 0.1) is 12.0 Å². The Morgan fingerprint density at radius 3 is 2.70 bits per heavy atom. The van der Waals surface area contributed by atoms with E-state index in [0.717, 1.165) is 23.6 Å². The van der Waals surface area contributed by atoms with Crippen molar-refractivity contribution in [3.05, 3.63) is 40.4 Å². The van der Waals surface area contributed by atoms with Crippen molar-refractivity contribution in [1.29, 1.82) is 0 Å². The Labute approximate surface area is 135 Å². The van der Waals surface area contributed by atoms with Crippen LogP contribution in [-0.4, -0.2) is 16.1 Å². The molecular weight excluding hydrogens is 327 g/mol. The Kier molecular flexibility index (Phi) is 5.35. The van der Waals surface area contributed by atoms with Gasteiger partial charge in [-0.25, -0.2) is 0 Å². The van der Waals surface area contributed by atoms with Gasteiger partial charge in [0.1, 0.15) is 5.01 Å². The summed E-state index contributed by atoms with van der Waals surface area (Å²) in [7, 11) is 0. The Bertz CT molecular complexity index is 683. The topological polar surface area (TPSA) is 54.9 Å². The van der Waals surface area contributed by atoms with E-state index in [4.69, 9.17) is 0 Å². The molecule has 0 spiro atoms. The fourth-order valence-electron chi connectivity index (χ4n) is 1.94. The van der Waals surface area contributed by atoms with Crippen molar-refractivity contribution in [3.8, 4) is 0 Å². The lowest BCUT2D eigenvalue weighted by molar-refractivity contribution is -0.137. The normalized spacial score (nSPS) is 11.7. The number of alkyl halides is 3. The molecule has 1 aromatic heterocycles. The van der Waals surface area contributed by atoms with Gasteiger partial charge in [-0.05, 0) is 17.5 Å². The standard InChI is InChI=1S/C15H16F3N3OS/c1-9(2)6-13-20-21-14(23-13)19-12(22)8-10-4-3-5-11(7-10)15(16,17)18/h3-5,7,9H,6,8H2,1-2H3,(H,19,21,22). The largest absolute Gasteiger partial charge is 0.416 e. The van der Waals surface area contributed by atoms with Crippen LogP contribution in [0.25, 0.3) is 0 Å². The van der Waals surface area contributed by atoms with Gasteiger partial charge in [-0.1, -0.05) is 43.4 Å². The fraction of sp³-hybridized carbons (Fsp3) is 0.400. The van der Waals surface area contributed by atoms with Crippen LogP contribution in [0.2, 0.25) is 0 Å². The summed E-state index contributed by atoms with van der Waals surface area (Å²) < 4.78 is 37.9. The third-order valence-electron chi connectivity index (χ3n) is 2.92. The number of carbonyl (C=O) groups is 1. The lowest BCUT2D eigenvalue weighted by Crippen LogP contribution is -2.15. The summed E-state index contributed by atoms with van der Waals surface area (Å²) in [5.41, 5.74) is -0.470. The predicted octanol–water partition coefficient (Wildman–Crippen LogP) is 3.94. The number of anilines is 1. The van der Waals surface area contributed by atoms with Crippen LogP contribution >= 0.6 is 11.3 Å². The molecular formula is C15H16F3N3OS. The highest BCUT2D eigenvalue weighted by Crippen LogP contribution is 2.29. The first-order chi connectivity index (χ1) is 10.7. The molecule has 124 valence electrons. The van der Waals surface area contributed by atoms with Crippen molar-refractivity contribution in [2.24, 2.45) is 5.92 Å². The molecule has 0 unspecified atom stereocenters. The molecule has 0 aliphatic heterocycles. The van der Waals surface area contributed by atoms with Gasteiger partial charge in [-0.2, -0.15) is 13.2 Å². The number of halogens is 3. The van der Waals surface area contributed by atoms with Crippen LogP contribution in [0.1, 0.15) is 30.0 Å². The van der Waals surface area contributed by atoms with Crippen LogP contribution in [0.3, 0.4) is 0 Å². The van der Waals surface area contributed by atoms with E-state index >= 15 is 0 Å². The van der Waals surface area contributed by atoms with Gasteiger partial charge < -0.3 is 5.32 Å². The molecule has 1 aromatic carbocycles. The van der Waals surface area contributed by atoms with Gasteiger partial charge >= 0.3 is 6.18 Å². The summed E-state index contributed by atoms with van der Waals surface area (Å²) in [5.74, 6) is 0.00758. The minimum absolute atomic E-state index is 0.150. The molecule has 23 heavy (non-hydrogen) atoms. The summed E-state index contributed by atoms with van der Waals surface area (Å²) in [6.07, 6.45) is -3.80. The first-order valence-corrected chi connectivity index (χ1v) is 7.84. The van der Waals surface area contributed by atoms with Gasteiger partial charge in [0.2, 0.25) is 11.0 Å². The number of nitrogens with one attached hydrogen (secondary N) is 1. The zero-order chi connectivity index (χ0) is 17.0. The van der Waals surface area contributed by atoms with E-state index in [2.05, 4.69) is 15.5 Å². The molecule has 0 saturated heterocycles. The van der Waals surface area contributed by atoms with E-state index in [1.165, 1.54) is 23.5 Å². The Morgan fingerprint density at radius 1 is 1.30 bits per heavy atom. The zero-order valence-electron chi connectivity index (χ0n) is 12.6. The van der Waals surface area contributed by atoms with Crippen molar-refractivity contribution < 1.29 is 18.0 Å². The van der Waals surface area contributed by atoms with Crippen molar-refractivity contribution in [1.82, 2.24) is 10.2 Å². The lowest BCUT2D eigenvalue weighted by atomic mass is 10.1. The smallest absolute Gasteiger partial charge is 0.300 e. The quantitative estimate of drug-likeness (QED) is 0.895. The third-order valence-corrected chi connectivity index (χ3v) is 3.78. The number of hydrogen-bond acceptors (Lipinski definition) is 4. The number of aromatic nitrogens is 2. The summed E-state index contributed by atoms with van der Waals surface area (Å²) >= 11 is 1.27. The molecule has 0 bridgehead atoms. The molecule has 2 rings (SSSR count). The monoisotopic (exact) mass is 343 g/mol. The first kappa shape index (κ1) is 17.4. The van der Waals surface area contributed by atoms with Gasteiger partial charge in [0.25, 0.3) is 0 Å². The highest BCUT2D eigenvalue weighted by molar-refractivity contribution is 7.15. The van der Waals surface area contributed by atoms with E-state index in [9.17, 15) is 18.0 Å². The van der Waals surface area contributed by atoms with Crippen LogP contribution in [0.15, 0.2) is 24.3 Å². The van der Waals surface area contributed by atoms with Crippen LogP contribution < -0.4 is 5.32 Å². The van der Waals surface area contributed by atoms with Crippen LogP contribution in [0.4, 0.5) is 18.3 Å². The number of hydrogen-bond donors (Lipinski definition) is 1. The number of rotatable bonds is 5. The Balaban J connectivity index is 1.98. The Hall–Kier alpha value is -1.96. The Morgan fingerprint density at radius 2 is 2.04 bits per heavy atom. The fourth-order valence-corrected chi connectivity index (χ4v) is 2.91. The molecule has 8 heteroatoms. The van der Waals surface area contributed by atoms with Crippen molar-refractivity contribution in [2.75, 3.05) is 5.32 Å². The third kappa shape index (κ3) is 5.31. The van der Waals surface area contributed by atoms with Crippen molar-refractivity contribution in [2.45, 2.75) is 32.9 Å². The maximum absolute atomic E-state index is 12.6. The molecule has 0 aliphatic rings. The molecule has 0 aliphatic carbocycles. The highest BCUT2D eigenvalue weighted by atomic mass is 32.1. The van der Waals surface area contributed by atoms with E-state index in [1.54, 1.807) is 0 Å². The van der Waals surface area contributed by atoms with E-state index in [0.29, 0.717) is 16.6 Å². The molecule has 0 radical (unpaired) electrons. The SMILES string of the molecule is CC(C)Cc1nnc(NC(=O)Cc2cccc(C(F)(F)F)c2)s1. The molecule has 1 amide bonds. The minimum Gasteiger partial charge on any atom is -0.300 e. The summed E-state index contributed by atoms with van der Waals surface area (Å²) in [6, 6.07) is 4.73. The molecule has 4 nitrogen and oxygen atoms in total. The van der Waals surface area contributed by atoms with Gasteiger partial charge in [-0.15, -0.1) is 10.2 Å².